The minimum Gasteiger partial charge on any atom is -0.298 e. The van der Waals surface area contributed by atoms with Crippen LogP contribution in [0.2, 0.25) is 0 Å². The van der Waals surface area contributed by atoms with Gasteiger partial charge >= 0.3 is 10.2 Å². The van der Waals surface area contributed by atoms with Crippen molar-refractivity contribution in [3.05, 3.63) is 29.8 Å². The number of carbonyl (C=O) groups excluding carboxylic acids is 1. The van der Waals surface area contributed by atoms with Crippen LogP contribution in [0.3, 0.4) is 0 Å². The summed E-state index contributed by atoms with van der Waals surface area (Å²) in [5.74, 6) is 0.574. The van der Waals surface area contributed by atoms with Crippen LogP contribution in [0.4, 0.5) is 5.69 Å². The molecular formula is C13H18N2O3S. The highest BCUT2D eigenvalue weighted by atomic mass is 32.2. The van der Waals surface area contributed by atoms with Gasteiger partial charge < -0.3 is 0 Å². The second kappa shape index (κ2) is 5.71. The Labute approximate surface area is 113 Å². The van der Waals surface area contributed by atoms with Crippen LogP contribution in [-0.4, -0.2) is 32.1 Å². The first kappa shape index (κ1) is 14.0. The molecule has 1 aromatic carbocycles. The van der Waals surface area contributed by atoms with Crippen LogP contribution in [0, 0.1) is 5.92 Å². The zero-order valence-corrected chi connectivity index (χ0v) is 11.7. The van der Waals surface area contributed by atoms with Crippen molar-refractivity contribution >= 4 is 22.2 Å². The van der Waals surface area contributed by atoms with E-state index in [0.29, 0.717) is 36.5 Å². The maximum Gasteiger partial charge on any atom is 0.301 e. The molecule has 1 aromatic rings. The number of piperidine rings is 1. The van der Waals surface area contributed by atoms with E-state index in [1.54, 1.807) is 18.2 Å². The van der Waals surface area contributed by atoms with Gasteiger partial charge in [-0.2, -0.15) is 12.7 Å². The third-order valence-electron chi connectivity index (χ3n) is 3.35. The van der Waals surface area contributed by atoms with Crippen LogP contribution in [0.1, 0.15) is 30.1 Å². The van der Waals surface area contributed by atoms with Crippen molar-refractivity contribution in [2.45, 2.75) is 19.8 Å². The smallest absolute Gasteiger partial charge is 0.298 e. The lowest BCUT2D eigenvalue weighted by atomic mass is 10.0. The molecular weight excluding hydrogens is 264 g/mol. The highest BCUT2D eigenvalue weighted by Gasteiger charge is 2.26. The normalized spacial score (nSPS) is 18.2. The first-order valence-corrected chi connectivity index (χ1v) is 7.78. The summed E-state index contributed by atoms with van der Waals surface area (Å²) in [5.41, 5.74) is 0.871. The Hall–Kier alpha value is -1.40. The average molecular weight is 282 g/mol. The third kappa shape index (κ3) is 3.54. The van der Waals surface area contributed by atoms with Crippen molar-refractivity contribution in [2.24, 2.45) is 5.92 Å². The highest BCUT2D eigenvalue weighted by molar-refractivity contribution is 7.90. The molecule has 2 rings (SSSR count). The predicted molar refractivity (Wildman–Crippen MR) is 74.3 cm³/mol. The number of carbonyl (C=O) groups is 1. The van der Waals surface area contributed by atoms with Gasteiger partial charge in [-0.15, -0.1) is 0 Å². The Bertz CT molecular complexity index is 549. The molecule has 6 heteroatoms. The summed E-state index contributed by atoms with van der Waals surface area (Å²) in [5, 5.41) is 0. The first-order valence-electron chi connectivity index (χ1n) is 6.34. The molecule has 5 nitrogen and oxygen atoms in total. The number of hydrogen-bond donors (Lipinski definition) is 1. The monoisotopic (exact) mass is 282 g/mol. The van der Waals surface area contributed by atoms with Crippen molar-refractivity contribution in [3.8, 4) is 0 Å². The van der Waals surface area contributed by atoms with E-state index < -0.39 is 10.2 Å². The molecule has 1 aliphatic rings. The molecule has 0 aliphatic carbocycles. The van der Waals surface area contributed by atoms with E-state index in [2.05, 4.69) is 11.6 Å². The van der Waals surface area contributed by atoms with Crippen molar-refractivity contribution in [3.63, 3.8) is 0 Å². The van der Waals surface area contributed by atoms with E-state index in [1.165, 1.54) is 10.4 Å². The summed E-state index contributed by atoms with van der Waals surface area (Å²) in [6.07, 6.45) is 2.46. The molecule has 1 aliphatic heterocycles. The van der Waals surface area contributed by atoms with E-state index in [0.717, 1.165) is 12.8 Å². The fourth-order valence-corrected chi connectivity index (χ4v) is 3.36. The van der Waals surface area contributed by atoms with Gasteiger partial charge in [0.25, 0.3) is 0 Å². The molecule has 0 atom stereocenters. The van der Waals surface area contributed by atoms with Gasteiger partial charge in [-0.05, 0) is 30.9 Å². The molecule has 0 radical (unpaired) electrons. The Morgan fingerprint density at radius 1 is 1.32 bits per heavy atom. The maximum atomic E-state index is 12.2. The van der Waals surface area contributed by atoms with Gasteiger partial charge in [0.2, 0.25) is 0 Å². The number of anilines is 1. The van der Waals surface area contributed by atoms with Gasteiger partial charge in [0, 0.05) is 18.7 Å². The van der Waals surface area contributed by atoms with E-state index in [1.807, 2.05) is 0 Å². The predicted octanol–water partition coefficient (Wildman–Crippen LogP) is 1.89. The summed E-state index contributed by atoms with van der Waals surface area (Å²) in [7, 11) is -3.52. The van der Waals surface area contributed by atoms with Crippen LogP contribution >= 0.6 is 0 Å². The van der Waals surface area contributed by atoms with Crippen LogP contribution in [0.15, 0.2) is 24.3 Å². The zero-order chi connectivity index (χ0) is 13.9. The molecule has 1 heterocycles. The maximum absolute atomic E-state index is 12.2. The minimum absolute atomic E-state index is 0.420. The number of hydrogen-bond acceptors (Lipinski definition) is 3. The SMILES string of the molecule is CC1CCN(S(=O)(=O)Nc2cccc(C=O)c2)CC1. The molecule has 104 valence electrons. The van der Waals surface area contributed by atoms with E-state index in [4.69, 9.17) is 0 Å². The first-order chi connectivity index (χ1) is 9.01. The van der Waals surface area contributed by atoms with Gasteiger partial charge in [0.15, 0.2) is 0 Å². The Balaban J connectivity index is 2.10. The third-order valence-corrected chi connectivity index (χ3v) is 4.89. The quantitative estimate of drug-likeness (QED) is 0.858. The molecule has 1 saturated heterocycles. The molecule has 0 aromatic heterocycles. The lowest BCUT2D eigenvalue weighted by Gasteiger charge is -2.29. The summed E-state index contributed by atoms with van der Waals surface area (Å²) in [4.78, 5) is 10.7. The highest BCUT2D eigenvalue weighted by Crippen LogP contribution is 2.20. The zero-order valence-electron chi connectivity index (χ0n) is 10.9. The molecule has 19 heavy (non-hydrogen) atoms. The van der Waals surface area contributed by atoms with Crippen LogP contribution in [0.5, 0.6) is 0 Å². The van der Waals surface area contributed by atoms with Gasteiger partial charge in [-0.3, -0.25) is 9.52 Å². The Kier molecular flexibility index (Phi) is 4.21. The van der Waals surface area contributed by atoms with Crippen molar-refractivity contribution in [2.75, 3.05) is 17.8 Å². The van der Waals surface area contributed by atoms with Crippen molar-refractivity contribution in [1.82, 2.24) is 4.31 Å². The molecule has 0 saturated carbocycles. The topological polar surface area (TPSA) is 66.5 Å². The van der Waals surface area contributed by atoms with Crippen LogP contribution < -0.4 is 4.72 Å². The summed E-state index contributed by atoms with van der Waals surface area (Å²) < 4.78 is 28.4. The second-order valence-electron chi connectivity index (χ2n) is 4.93. The Morgan fingerprint density at radius 2 is 2.00 bits per heavy atom. The number of rotatable bonds is 4. The largest absolute Gasteiger partial charge is 0.301 e. The molecule has 0 bridgehead atoms. The van der Waals surface area contributed by atoms with Gasteiger partial charge in [-0.1, -0.05) is 19.1 Å². The number of benzene rings is 1. The van der Waals surface area contributed by atoms with Crippen LogP contribution in [0.25, 0.3) is 0 Å². The average Bonchev–Trinajstić information content (AvgIpc) is 2.39. The number of nitrogens with one attached hydrogen (secondary N) is 1. The van der Waals surface area contributed by atoms with Crippen molar-refractivity contribution < 1.29 is 13.2 Å². The van der Waals surface area contributed by atoms with Crippen LogP contribution in [-0.2, 0) is 10.2 Å². The molecule has 1 N–H and O–H groups in total. The molecule has 1 fully saturated rings. The van der Waals surface area contributed by atoms with Gasteiger partial charge in [-0.25, -0.2) is 0 Å². The standard InChI is InChI=1S/C13H18N2O3S/c1-11-5-7-15(8-6-11)19(17,18)14-13-4-2-3-12(9-13)10-16/h2-4,9-11,14H,5-8H2,1H3. The fourth-order valence-electron chi connectivity index (χ4n) is 2.11. The lowest BCUT2D eigenvalue weighted by Crippen LogP contribution is -2.41. The number of nitrogens with zero attached hydrogens (tertiary/aromatic N) is 1. The van der Waals surface area contributed by atoms with E-state index >= 15 is 0 Å². The second-order valence-corrected chi connectivity index (χ2v) is 6.60. The van der Waals surface area contributed by atoms with Crippen molar-refractivity contribution in [1.29, 1.82) is 0 Å². The molecule has 0 spiro atoms. The van der Waals surface area contributed by atoms with E-state index in [-0.39, 0.29) is 0 Å². The molecule has 0 unspecified atom stereocenters. The Morgan fingerprint density at radius 3 is 2.63 bits per heavy atom. The summed E-state index contributed by atoms with van der Waals surface area (Å²) >= 11 is 0. The van der Waals surface area contributed by atoms with E-state index in [9.17, 15) is 13.2 Å². The van der Waals surface area contributed by atoms with Gasteiger partial charge in [0.1, 0.15) is 6.29 Å². The minimum atomic E-state index is -3.52. The summed E-state index contributed by atoms with van der Waals surface area (Å²) in [6.45, 7) is 3.22. The summed E-state index contributed by atoms with van der Waals surface area (Å²) in [6, 6.07) is 6.45. The lowest BCUT2D eigenvalue weighted by molar-refractivity contribution is 0.112. The van der Waals surface area contributed by atoms with Gasteiger partial charge in [0.05, 0.1) is 5.69 Å². The fraction of sp³-hybridized carbons (Fsp3) is 0.462. The molecule has 0 amide bonds. The number of aldehydes is 1.